The number of benzene rings is 3. The highest BCUT2D eigenvalue weighted by molar-refractivity contribution is 6.07. The third kappa shape index (κ3) is 9.19. The Morgan fingerprint density at radius 3 is 2.44 bits per heavy atom. The van der Waals surface area contributed by atoms with Crippen LogP contribution in [0.4, 0.5) is 11.4 Å². The molecule has 0 unspecified atom stereocenters. The van der Waals surface area contributed by atoms with E-state index in [4.69, 9.17) is 14.2 Å². The normalized spacial score (nSPS) is 15.4. The summed E-state index contributed by atoms with van der Waals surface area (Å²) in [5, 5.41) is 3.15. The molecule has 3 aromatic rings. The van der Waals surface area contributed by atoms with Crippen LogP contribution in [0.15, 0.2) is 72.3 Å². The molecule has 5 rings (SSSR count). The lowest BCUT2D eigenvalue weighted by Crippen LogP contribution is -2.36. The number of hydrogen-bond donors (Lipinski definition) is 1. The zero-order valence-corrected chi connectivity index (χ0v) is 27.2. The van der Waals surface area contributed by atoms with Crippen LogP contribution in [0, 0.1) is 0 Å². The highest BCUT2D eigenvalue weighted by atomic mass is 16.5. The molecule has 1 saturated heterocycles. The van der Waals surface area contributed by atoms with Crippen LogP contribution in [-0.4, -0.2) is 70.0 Å². The number of carbonyl (C=O) groups is 1. The van der Waals surface area contributed by atoms with Crippen LogP contribution in [0.1, 0.15) is 57.1 Å². The smallest absolute Gasteiger partial charge is 0.251 e. The molecule has 2 heterocycles. The van der Waals surface area contributed by atoms with Crippen molar-refractivity contribution in [3.8, 4) is 16.9 Å². The molecule has 2 aliphatic heterocycles. The Balaban J connectivity index is 1.23. The lowest BCUT2D eigenvalue weighted by atomic mass is 10.00. The number of amides is 1. The minimum absolute atomic E-state index is 0.0449. The average Bonchev–Trinajstić information content (AvgIpc) is 3.27. The zero-order chi connectivity index (χ0) is 31.4. The number of anilines is 2. The Bertz CT molecular complexity index is 1400. The molecule has 1 N–H and O–H groups in total. The molecule has 45 heavy (non-hydrogen) atoms. The second-order valence-electron chi connectivity index (χ2n) is 12.0. The second kappa shape index (κ2) is 16.6. The van der Waals surface area contributed by atoms with E-state index in [1.165, 1.54) is 5.56 Å². The van der Waals surface area contributed by atoms with Crippen molar-refractivity contribution in [1.82, 2.24) is 4.90 Å². The maximum Gasteiger partial charge on any atom is 0.251 e. The van der Waals surface area contributed by atoms with Crippen LogP contribution >= 0.6 is 0 Å². The molecule has 3 aromatic carbocycles. The van der Waals surface area contributed by atoms with Crippen molar-refractivity contribution < 1.29 is 19.0 Å². The third-order valence-electron chi connectivity index (χ3n) is 8.81. The van der Waals surface area contributed by atoms with Crippen LogP contribution < -0.4 is 15.0 Å². The summed E-state index contributed by atoms with van der Waals surface area (Å²) >= 11 is 0. The van der Waals surface area contributed by atoms with Crippen LogP contribution in [-0.2, 0) is 20.8 Å². The topological polar surface area (TPSA) is 63.3 Å². The fraction of sp³-hybridized carbons (Fsp3) is 0.447. The Labute approximate surface area is 269 Å². The van der Waals surface area contributed by atoms with E-state index in [9.17, 15) is 4.79 Å². The zero-order valence-electron chi connectivity index (χ0n) is 27.2. The predicted octanol–water partition coefficient (Wildman–Crippen LogP) is 7.41. The summed E-state index contributed by atoms with van der Waals surface area (Å²) in [4.78, 5) is 18.3. The molecule has 7 heteroatoms. The first-order valence-electron chi connectivity index (χ1n) is 16.6. The largest absolute Gasteiger partial charge is 0.491 e. The predicted molar refractivity (Wildman–Crippen MR) is 184 cm³/mol. The Hall–Kier alpha value is -3.65. The molecule has 0 radical (unpaired) electrons. The average molecular weight is 612 g/mol. The van der Waals surface area contributed by atoms with Gasteiger partial charge in [-0.05, 0) is 104 Å². The Morgan fingerprint density at radius 2 is 1.71 bits per heavy atom. The minimum Gasteiger partial charge on any atom is -0.491 e. The van der Waals surface area contributed by atoms with Gasteiger partial charge in [-0.2, -0.15) is 0 Å². The molecule has 1 fully saturated rings. The first kappa shape index (κ1) is 32.7. The van der Waals surface area contributed by atoms with E-state index in [1.807, 2.05) is 24.3 Å². The molecule has 1 amide bonds. The molecule has 7 nitrogen and oxygen atoms in total. The molecular weight excluding hydrogens is 562 g/mol. The van der Waals surface area contributed by atoms with Gasteiger partial charge in [0.25, 0.3) is 5.91 Å². The number of nitrogens with zero attached hydrogens (tertiary/aromatic N) is 2. The first-order valence-corrected chi connectivity index (χ1v) is 16.6. The summed E-state index contributed by atoms with van der Waals surface area (Å²) < 4.78 is 17.0. The molecule has 0 aromatic heterocycles. The van der Waals surface area contributed by atoms with Crippen LogP contribution in [0.3, 0.4) is 0 Å². The Morgan fingerprint density at radius 1 is 0.956 bits per heavy atom. The number of unbranched alkanes of at least 4 members (excludes halogenated alkanes) is 1. The van der Waals surface area contributed by atoms with E-state index in [1.54, 1.807) is 0 Å². The van der Waals surface area contributed by atoms with Crippen molar-refractivity contribution in [2.75, 3.05) is 63.4 Å². The van der Waals surface area contributed by atoms with Crippen molar-refractivity contribution in [1.29, 1.82) is 0 Å². The molecule has 0 aliphatic carbocycles. The van der Waals surface area contributed by atoms with Gasteiger partial charge >= 0.3 is 0 Å². The molecule has 0 bridgehead atoms. The molecule has 240 valence electrons. The molecule has 0 spiro atoms. The number of fused-ring (bicyclic) bond motifs is 1. The summed E-state index contributed by atoms with van der Waals surface area (Å²) in [6, 6.07) is 23.6. The van der Waals surface area contributed by atoms with Gasteiger partial charge in [0.05, 0.1) is 6.61 Å². The van der Waals surface area contributed by atoms with Crippen LogP contribution in [0.25, 0.3) is 17.2 Å². The molecular formula is C38H49N3O4. The number of ether oxygens (including phenoxy) is 3. The van der Waals surface area contributed by atoms with Gasteiger partial charge in [0.15, 0.2) is 0 Å². The van der Waals surface area contributed by atoms with Crippen molar-refractivity contribution in [2.24, 2.45) is 0 Å². The molecule has 0 saturated carbocycles. The standard InChI is InChI=1S/C38H49N3O4/c1-4-6-21-43-24-25-45-36-14-9-30(10-15-36)31-11-16-37-33(26-31)27-32(17-20-41(37)5-2)38(42)39-34-12-7-29(8-13-34)28-40(3)35-18-22-44-23-19-35/h7-16,26-27,35H,4-6,17-25,28H2,1-3H3,(H,39,42). The maximum absolute atomic E-state index is 13.5. The van der Waals surface area contributed by atoms with Gasteiger partial charge in [0.1, 0.15) is 12.4 Å². The van der Waals surface area contributed by atoms with Gasteiger partial charge in [-0.1, -0.05) is 43.7 Å². The number of hydrogen-bond acceptors (Lipinski definition) is 6. The van der Waals surface area contributed by atoms with E-state index >= 15 is 0 Å². The number of rotatable bonds is 14. The first-order chi connectivity index (χ1) is 22.0. The summed E-state index contributed by atoms with van der Waals surface area (Å²) in [7, 11) is 2.18. The van der Waals surface area contributed by atoms with E-state index in [0.29, 0.717) is 25.7 Å². The summed E-state index contributed by atoms with van der Waals surface area (Å²) in [6.45, 7) is 10.5. The van der Waals surface area contributed by atoms with Gasteiger partial charge < -0.3 is 24.4 Å². The lowest BCUT2D eigenvalue weighted by Gasteiger charge is -2.31. The number of nitrogens with one attached hydrogen (secondary N) is 1. The summed E-state index contributed by atoms with van der Waals surface area (Å²) in [5.74, 6) is 0.791. The van der Waals surface area contributed by atoms with Gasteiger partial charge in [0, 0.05) is 62.4 Å². The van der Waals surface area contributed by atoms with Gasteiger partial charge in [-0.15, -0.1) is 0 Å². The second-order valence-corrected chi connectivity index (χ2v) is 12.0. The fourth-order valence-corrected chi connectivity index (χ4v) is 6.04. The maximum atomic E-state index is 13.5. The number of carbonyl (C=O) groups excluding carboxylic acids is 1. The van der Waals surface area contributed by atoms with Crippen LogP contribution in [0.2, 0.25) is 0 Å². The summed E-state index contributed by atoms with van der Waals surface area (Å²) in [5.41, 5.74) is 7.29. The van der Waals surface area contributed by atoms with Gasteiger partial charge in [0.2, 0.25) is 0 Å². The van der Waals surface area contributed by atoms with Crippen molar-refractivity contribution >= 4 is 23.4 Å². The van der Waals surface area contributed by atoms with E-state index in [0.717, 1.165) is 105 Å². The molecule has 2 aliphatic rings. The monoisotopic (exact) mass is 611 g/mol. The van der Waals surface area contributed by atoms with Crippen molar-refractivity contribution in [3.05, 3.63) is 83.4 Å². The van der Waals surface area contributed by atoms with Gasteiger partial charge in [-0.25, -0.2) is 0 Å². The molecule has 0 atom stereocenters. The van der Waals surface area contributed by atoms with E-state index < -0.39 is 0 Å². The van der Waals surface area contributed by atoms with E-state index in [-0.39, 0.29) is 5.91 Å². The van der Waals surface area contributed by atoms with Crippen molar-refractivity contribution in [3.63, 3.8) is 0 Å². The summed E-state index contributed by atoms with van der Waals surface area (Å²) in [6.07, 6.45) is 7.13. The van der Waals surface area contributed by atoms with Crippen LogP contribution in [0.5, 0.6) is 5.75 Å². The minimum atomic E-state index is -0.0449. The van der Waals surface area contributed by atoms with E-state index in [2.05, 4.69) is 84.6 Å². The lowest BCUT2D eigenvalue weighted by molar-refractivity contribution is -0.112. The highest BCUT2D eigenvalue weighted by Crippen LogP contribution is 2.33. The SMILES string of the molecule is CCCCOCCOc1ccc(-c2ccc3c(c2)C=C(C(=O)Nc2ccc(CN(C)C4CCOCC4)cc2)CCN3CC)cc1. The quantitative estimate of drug-likeness (QED) is 0.192. The van der Waals surface area contributed by atoms with Crippen molar-refractivity contribution in [2.45, 2.75) is 58.5 Å². The Kier molecular flexibility index (Phi) is 12.1. The highest BCUT2D eigenvalue weighted by Gasteiger charge is 2.21. The van der Waals surface area contributed by atoms with Gasteiger partial charge in [-0.3, -0.25) is 9.69 Å². The third-order valence-corrected chi connectivity index (χ3v) is 8.81. The fourth-order valence-electron chi connectivity index (χ4n) is 6.04.